The van der Waals surface area contributed by atoms with Crippen molar-refractivity contribution in [3.05, 3.63) is 62.6 Å². The first kappa shape index (κ1) is 16.0. The number of esters is 1. The van der Waals surface area contributed by atoms with E-state index in [-0.39, 0.29) is 17.0 Å². The SMILES string of the molecule is CCOc1ccc(Br)cc1C(=O)Oc1ccccc1[N+](=O)[O-]. The molecule has 0 aliphatic carbocycles. The zero-order valence-electron chi connectivity index (χ0n) is 11.6. The average Bonchev–Trinajstić information content (AvgIpc) is 2.49. The van der Waals surface area contributed by atoms with E-state index in [1.807, 2.05) is 0 Å². The fourth-order valence-electron chi connectivity index (χ4n) is 1.79. The molecule has 7 heteroatoms. The van der Waals surface area contributed by atoms with Gasteiger partial charge in [-0.25, -0.2) is 4.79 Å². The van der Waals surface area contributed by atoms with E-state index >= 15 is 0 Å². The number of halogens is 1. The number of ether oxygens (including phenoxy) is 2. The number of benzene rings is 2. The van der Waals surface area contributed by atoms with Crippen molar-refractivity contribution in [1.29, 1.82) is 0 Å². The van der Waals surface area contributed by atoms with Crippen molar-refractivity contribution in [2.24, 2.45) is 0 Å². The minimum absolute atomic E-state index is 0.111. The summed E-state index contributed by atoms with van der Waals surface area (Å²) in [6.07, 6.45) is 0. The highest BCUT2D eigenvalue weighted by atomic mass is 79.9. The highest BCUT2D eigenvalue weighted by molar-refractivity contribution is 9.10. The Morgan fingerprint density at radius 1 is 1.23 bits per heavy atom. The maximum Gasteiger partial charge on any atom is 0.347 e. The monoisotopic (exact) mass is 365 g/mol. The van der Waals surface area contributed by atoms with Gasteiger partial charge in [0.15, 0.2) is 0 Å². The van der Waals surface area contributed by atoms with Gasteiger partial charge in [-0.05, 0) is 31.2 Å². The van der Waals surface area contributed by atoms with Crippen LogP contribution in [-0.4, -0.2) is 17.5 Å². The molecule has 0 heterocycles. The van der Waals surface area contributed by atoms with Gasteiger partial charge in [0, 0.05) is 10.5 Å². The lowest BCUT2D eigenvalue weighted by Crippen LogP contribution is -2.12. The topological polar surface area (TPSA) is 78.7 Å². The number of para-hydroxylation sites is 2. The quantitative estimate of drug-likeness (QED) is 0.346. The first-order valence-corrected chi connectivity index (χ1v) is 7.20. The maximum atomic E-state index is 12.3. The summed E-state index contributed by atoms with van der Waals surface area (Å²) in [6.45, 7) is 2.17. The Kier molecular flexibility index (Phi) is 5.11. The molecular formula is C15H12BrNO5. The molecule has 22 heavy (non-hydrogen) atoms. The van der Waals surface area contributed by atoms with Crippen molar-refractivity contribution in [2.45, 2.75) is 6.92 Å². The lowest BCUT2D eigenvalue weighted by atomic mass is 10.2. The predicted octanol–water partition coefficient (Wildman–Crippen LogP) is 3.98. The van der Waals surface area contributed by atoms with Gasteiger partial charge in [0.25, 0.3) is 0 Å². The molecule has 0 saturated carbocycles. The molecule has 114 valence electrons. The van der Waals surface area contributed by atoms with Crippen LogP contribution in [0.4, 0.5) is 5.69 Å². The average molecular weight is 366 g/mol. The van der Waals surface area contributed by atoms with Crippen LogP contribution in [-0.2, 0) is 0 Å². The molecule has 0 amide bonds. The molecule has 0 unspecified atom stereocenters. The highest BCUT2D eigenvalue weighted by Gasteiger charge is 2.20. The molecule has 0 saturated heterocycles. The second-order valence-corrected chi connectivity index (χ2v) is 5.10. The normalized spacial score (nSPS) is 10.1. The largest absolute Gasteiger partial charge is 0.493 e. The summed E-state index contributed by atoms with van der Waals surface area (Å²) in [7, 11) is 0. The molecule has 6 nitrogen and oxygen atoms in total. The maximum absolute atomic E-state index is 12.3. The Labute approximate surface area is 134 Å². The number of hydrogen-bond acceptors (Lipinski definition) is 5. The molecule has 0 aliphatic heterocycles. The molecule has 0 radical (unpaired) electrons. The first-order valence-electron chi connectivity index (χ1n) is 6.41. The fraction of sp³-hybridized carbons (Fsp3) is 0.133. The van der Waals surface area contributed by atoms with Crippen LogP contribution in [0.15, 0.2) is 46.9 Å². The number of nitro benzene ring substituents is 1. The standard InChI is InChI=1S/C15H12BrNO5/c1-2-21-13-8-7-10(16)9-11(13)15(18)22-14-6-4-3-5-12(14)17(19)20/h3-9H,2H2,1H3. The minimum atomic E-state index is -0.723. The van der Waals surface area contributed by atoms with E-state index in [4.69, 9.17) is 9.47 Å². The van der Waals surface area contributed by atoms with Crippen LogP contribution >= 0.6 is 15.9 Å². The van der Waals surface area contributed by atoms with Gasteiger partial charge in [0.05, 0.1) is 11.5 Å². The number of nitrogens with zero attached hydrogens (tertiary/aromatic N) is 1. The Morgan fingerprint density at radius 3 is 2.64 bits per heavy atom. The van der Waals surface area contributed by atoms with E-state index in [0.29, 0.717) is 16.8 Å². The van der Waals surface area contributed by atoms with Crippen molar-refractivity contribution >= 4 is 27.6 Å². The van der Waals surface area contributed by atoms with Gasteiger partial charge in [0.2, 0.25) is 5.75 Å². The Hall–Kier alpha value is -2.41. The number of hydrogen-bond donors (Lipinski definition) is 0. The zero-order chi connectivity index (χ0) is 16.1. The lowest BCUT2D eigenvalue weighted by molar-refractivity contribution is -0.385. The summed E-state index contributed by atoms with van der Waals surface area (Å²) in [5, 5.41) is 10.9. The van der Waals surface area contributed by atoms with Crippen LogP contribution in [0.2, 0.25) is 0 Å². The Morgan fingerprint density at radius 2 is 1.95 bits per heavy atom. The molecule has 2 aromatic rings. The lowest BCUT2D eigenvalue weighted by Gasteiger charge is -2.10. The van der Waals surface area contributed by atoms with Crippen molar-refractivity contribution in [2.75, 3.05) is 6.61 Å². The third-order valence-electron chi connectivity index (χ3n) is 2.73. The number of carbonyl (C=O) groups excluding carboxylic acids is 1. The van der Waals surface area contributed by atoms with Crippen molar-refractivity contribution in [1.82, 2.24) is 0 Å². The third kappa shape index (κ3) is 3.62. The number of carbonyl (C=O) groups is 1. The van der Waals surface area contributed by atoms with Gasteiger partial charge in [0.1, 0.15) is 11.3 Å². The van der Waals surface area contributed by atoms with E-state index in [0.717, 1.165) is 0 Å². The fourth-order valence-corrected chi connectivity index (χ4v) is 2.15. The minimum Gasteiger partial charge on any atom is -0.493 e. The van der Waals surface area contributed by atoms with Crippen LogP contribution < -0.4 is 9.47 Å². The second kappa shape index (κ2) is 7.04. The summed E-state index contributed by atoms with van der Waals surface area (Å²) in [5.41, 5.74) is -0.0850. The summed E-state index contributed by atoms with van der Waals surface area (Å²) < 4.78 is 11.2. The van der Waals surface area contributed by atoms with Gasteiger partial charge in [-0.3, -0.25) is 10.1 Å². The summed E-state index contributed by atoms with van der Waals surface area (Å²) in [4.78, 5) is 22.6. The molecule has 2 aromatic carbocycles. The Bertz CT molecular complexity index is 717. The van der Waals surface area contributed by atoms with E-state index in [2.05, 4.69) is 15.9 Å². The summed E-state index contributed by atoms with van der Waals surface area (Å²) in [6, 6.07) is 10.6. The smallest absolute Gasteiger partial charge is 0.347 e. The number of rotatable bonds is 5. The van der Waals surface area contributed by atoms with Gasteiger partial charge in [-0.15, -0.1) is 0 Å². The van der Waals surface area contributed by atoms with Crippen LogP contribution in [0.25, 0.3) is 0 Å². The Balaban J connectivity index is 2.34. The van der Waals surface area contributed by atoms with E-state index in [1.165, 1.54) is 18.2 Å². The van der Waals surface area contributed by atoms with Crippen LogP contribution in [0, 0.1) is 10.1 Å². The predicted molar refractivity (Wildman–Crippen MR) is 83.4 cm³/mol. The van der Waals surface area contributed by atoms with Gasteiger partial charge in [-0.1, -0.05) is 28.1 Å². The van der Waals surface area contributed by atoms with Crippen molar-refractivity contribution in [3.8, 4) is 11.5 Å². The molecule has 2 rings (SSSR count). The van der Waals surface area contributed by atoms with Crippen LogP contribution in [0.5, 0.6) is 11.5 Å². The first-order chi connectivity index (χ1) is 10.5. The highest BCUT2D eigenvalue weighted by Crippen LogP contribution is 2.29. The van der Waals surface area contributed by atoms with Gasteiger partial charge < -0.3 is 9.47 Å². The van der Waals surface area contributed by atoms with Gasteiger partial charge in [-0.2, -0.15) is 0 Å². The van der Waals surface area contributed by atoms with Crippen LogP contribution in [0.3, 0.4) is 0 Å². The van der Waals surface area contributed by atoms with E-state index in [9.17, 15) is 14.9 Å². The van der Waals surface area contributed by atoms with Crippen molar-refractivity contribution < 1.29 is 19.2 Å². The molecule has 0 aromatic heterocycles. The zero-order valence-corrected chi connectivity index (χ0v) is 13.2. The molecule has 0 bridgehead atoms. The van der Waals surface area contributed by atoms with E-state index < -0.39 is 10.9 Å². The molecule has 0 fully saturated rings. The molecule has 0 spiro atoms. The third-order valence-corrected chi connectivity index (χ3v) is 3.22. The van der Waals surface area contributed by atoms with E-state index in [1.54, 1.807) is 31.2 Å². The molecule has 0 aliphatic rings. The second-order valence-electron chi connectivity index (χ2n) is 4.19. The summed E-state index contributed by atoms with van der Waals surface area (Å²) >= 11 is 3.27. The van der Waals surface area contributed by atoms with Crippen LogP contribution in [0.1, 0.15) is 17.3 Å². The van der Waals surface area contributed by atoms with Crippen molar-refractivity contribution in [3.63, 3.8) is 0 Å². The molecular weight excluding hydrogens is 354 g/mol. The number of nitro groups is 1. The molecule has 0 N–H and O–H groups in total. The summed E-state index contributed by atoms with van der Waals surface area (Å²) in [5.74, 6) is -0.478. The van der Waals surface area contributed by atoms with Gasteiger partial charge >= 0.3 is 11.7 Å². The molecule has 0 atom stereocenters.